The van der Waals surface area contributed by atoms with Crippen LogP contribution in [0.5, 0.6) is 0 Å². The predicted octanol–water partition coefficient (Wildman–Crippen LogP) is 2.80. The van der Waals surface area contributed by atoms with Crippen molar-refractivity contribution >= 4 is 13.3 Å². The molecule has 0 spiro atoms. The lowest BCUT2D eigenvalue weighted by Crippen LogP contribution is -2.21. The largest absolute Gasteiger partial charge is 0.481 e. The zero-order valence-electron chi connectivity index (χ0n) is 12.0. The van der Waals surface area contributed by atoms with Crippen LogP contribution >= 0.6 is 7.37 Å². The third-order valence-electron chi connectivity index (χ3n) is 3.36. The van der Waals surface area contributed by atoms with Crippen molar-refractivity contribution in [1.29, 1.82) is 0 Å². The summed E-state index contributed by atoms with van der Waals surface area (Å²) in [4.78, 5) is 25.4. The first kappa shape index (κ1) is 16.4. The topological polar surface area (TPSA) is 87.5 Å². The van der Waals surface area contributed by atoms with E-state index in [1.165, 1.54) is 0 Å². The van der Waals surface area contributed by atoms with Gasteiger partial charge in [0.05, 0.1) is 5.92 Å². The molecule has 0 saturated carbocycles. The van der Waals surface area contributed by atoms with Crippen LogP contribution in [0, 0.1) is 5.92 Å². The summed E-state index contributed by atoms with van der Waals surface area (Å²) < 4.78 is 12.4. The predicted molar refractivity (Wildman–Crippen MR) is 83.9 cm³/mol. The van der Waals surface area contributed by atoms with E-state index in [0.29, 0.717) is 0 Å². The Hall–Kier alpha value is -1.97. The normalized spacial score (nSPS) is 15.0. The van der Waals surface area contributed by atoms with Crippen LogP contribution in [0.4, 0.5) is 0 Å². The van der Waals surface area contributed by atoms with E-state index in [1.54, 1.807) is 48.8 Å². The van der Waals surface area contributed by atoms with Crippen LogP contribution < -0.4 is 0 Å². The highest BCUT2D eigenvalue weighted by molar-refractivity contribution is 7.57. The lowest BCUT2D eigenvalue weighted by Gasteiger charge is -2.17. The molecule has 0 radical (unpaired) electrons. The maximum absolute atomic E-state index is 12.4. The minimum absolute atomic E-state index is 0.00599. The highest BCUT2D eigenvalue weighted by atomic mass is 31.2. The fourth-order valence-corrected chi connectivity index (χ4v) is 4.20. The molecule has 2 unspecified atom stereocenters. The van der Waals surface area contributed by atoms with Crippen molar-refractivity contribution in [3.8, 4) is 0 Å². The molecular weight excluding hydrogens is 301 g/mol. The van der Waals surface area contributed by atoms with E-state index in [-0.39, 0.29) is 18.7 Å². The van der Waals surface area contributed by atoms with Gasteiger partial charge in [-0.2, -0.15) is 0 Å². The number of pyridine rings is 1. The summed E-state index contributed by atoms with van der Waals surface area (Å²) in [5, 5.41) is 9.32. The molecule has 0 aliphatic rings. The summed E-state index contributed by atoms with van der Waals surface area (Å²) in [5.41, 5.74) is 1.53. The summed E-state index contributed by atoms with van der Waals surface area (Å²) in [6, 6.07) is 12.4. The molecule has 5 nitrogen and oxygen atoms in total. The second kappa shape index (κ2) is 7.34. The number of carbonyl (C=O) groups is 1. The van der Waals surface area contributed by atoms with Gasteiger partial charge < -0.3 is 10.00 Å². The fourth-order valence-electron chi connectivity index (χ4n) is 2.31. The zero-order chi connectivity index (χ0) is 16.0. The standard InChI is InChI=1S/C16H18NO4P/c18-16(19)15(10-13-6-8-17-9-7-13)12-22(20,21)11-14-4-2-1-3-5-14/h1-9,15H,10-12H2,(H,18,19)(H,20,21). The van der Waals surface area contributed by atoms with E-state index in [0.717, 1.165) is 11.1 Å². The summed E-state index contributed by atoms with van der Waals surface area (Å²) in [7, 11) is -3.56. The Balaban J connectivity index is 2.06. The quantitative estimate of drug-likeness (QED) is 0.766. The Bertz CT molecular complexity index is 660. The minimum Gasteiger partial charge on any atom is -0.481 e. The molecule has 2 atom stereocenters. The van der Waals surface area contributed by atoms with Crippen molar-refractivity contribution in [1.82, 2.24) is 4.98 Å². The Morgan fingerprint density at radius 2 is 1.73 bits per heavy atom. The van der Waals surface area contributed by atoms with Crippen LogP contribution in [0.15, 0.2) is 54.9 Å². The summed E-state index contributed by atoms with van der Waals surface area (Å²) in [6.45, 7) is 0. The number of carboxylic acid groups (broad SMARTS) is 1. The first-order chi connectivity index (χ1) is 10.5. The third kappa shape index (κ3) is 5.10. The van der Waals surface area contributed by atoms with Gasteiger partial charge in [-0.15, -0.1) is 0 Å². The molecule has 0 aliphatic carbocycles. The molecule has 116 valence electrons. The van der Waals surface area contributed by atoms with Crippen LogP contribution in [0.1, 0.15) is 11.1 Å². The van der Waals surface area contributed by atoms with Gasteiger partial charge in [0.25, 0.3) is 0 Å². The molecule has 0 saturated heterocycles. The van der Waals surface area contributed by atoms with Gasteiger partial charge in [0.1, 0.15) is 0 Å². The number of carboxylic acids is 1. The SMILES string of the molecule is O=C(O)C(Cc1ccncc1)CP(=O)(O)Cc1ccccc1. The number of hydrogen-bond acceptors (Lipinski definition) is 3. The van der Waals surface area contributed by atoms with Crippen molar-refractivity contribution < 1.29 is 19.4 Å². The molecule has 0 aliphatic heterocycles. The summed E-state index contributed by atoms with van der Waals surface area (Å²) in [6.07, 6.45) is 3.14. The number of aromatic nitrogens is 1. The lowest BCUT2D eigenvalue weighted by atomic mass is 10.0. The van der Waals surface area contributed by atoms with E-state index in [4.69, 9.17) is 0 Å². The monoisotopic (exact) mass is 319 g/mol. The molecule has 1 aromatic heterocycles. The number of nitrogens with zero attached hydrogens (tertiary/aromatic N) is 1. The maximum atomic E-state index is 12.4. The van der Waals surface area contributed by atoms with Crippen LogP contribution in [0.3, 0.4) is 0 Å². The van der Waals surface area contributed by atoms with Crippen LogP contribution in [0.25, 0.3) is 0 Å². The first-order valence-corrected chi connectivity index (χ1v) is 8.96. The summed E-state index contributed by atoms with van der Waals surface area (Å²) in [5.74, 6) is -1.94. The fraction of sp³-hybridized carbons (Fsp3) is 0.250. The van der Waals surface area contributed by atoms with E-state index in [9.17, 15) is 19.4 Å². The Morgan fingerprint density at radius 1 is 1.09 bits per heavy atom. The van der Waals surface area contributed by atoms with Crippen molar-refractivity contribution in [2.75, 3.05) is 6.16 Å². The van der Waals surface area contributed by atoms with Gasteiger partial charge in [-0.25, -0.2) is 0 Å². The Morgan fingerprint density at radius 3 is 2.32 bits per heavy atom. The molecule has 2 N–H and O–H groups in total. The highest BCUT2D eigenvalue weighted by Gasteiger charge is 2.29. The van der Waals surface area contributed by atoms with Crippen molar-refractivity contribution in [3.63, 3.8) is 0 Å². The van der Waals surface area contributed by atoms with Crippen molar-refractivity contribution in [3.05, 3.63) is 66.0 Å². The van der Waals surface area contributed by atoms with Crippen molar-refractivity contribution in [2.24, 2.45) is 5.92 Å². The number of aliphatic carboxylic acids is 1. The average Bonchev–Trinajstić information content (AvgIpc) is 2.48. The van der Waals surface area contributed by atoms with Gasteiger partial charge in [0.15, 0.2) is 0 Å². The van der Waals surface area contributed by atoms with E-state index in [1.807, 2.05) is 6.07 Å². The van der Waals surface area contributed by atoms with Crippen LogP contribution in [-0.4, -0.2) is 27.1 Å². The van der Waals surface area contributed by atoms with Crippen LogP contribution in [-0.2, 0) is 21.9 Å². The Labute approximate surface area is 129 Å². The van der Waals surface area contributed by atoms with E-state index < -0.39 is 19.3 Å². The Kier molecular flexibility index (Phi) is 5.47. The lowest BCUT2D eigenvalue weighted by molar-refractivity contribution is -0.141. The molecule has 22 heavy (non-hydrogen) atoms. The molecular formula is C16H18NO4P. The minimum atomic E-state index is -3.56. The third-order valence-corrected chi connectivity index (χ3v) is 5.23. The van der Waals surface area contributed by atoms with E-state index >= 15 is 0 Å². The number of benzene rings is 1. The number of hydrogen-bond donors (Lipinski definition) is 2. The zero-order valence-corrected chi connectivity index (χ0v) is 12.9. The first-order valence-electron chi connectivity index (χ1n) is 6.93. The molecule has 1 heterocycles. The summed E-state index contributed by atoms with van der Waals surface area (Å²) >= 11 is 0. The molecule has 0 fully saturated rings. The second-order valence-electron chi connectivity index (χ2n) is 5.27. The molecule has 2 rings (SSSR count). The van der Waals surface area contributed by atoms with Gasteiger partial charge in [0, 0.05) is 24.7 Å². The molecule has 2 aromatic rings. The maximum Gasteiger partial charge on any atom is 0.307 e. The van der Waals surface area contributed by atoms with Gasteiger partial charge in [-0.3, -0.25) is 14.3 Å². The van der Waals surface area contributed by atoms with Gasteiger partial charge >= 0.3 is 5.97 Å². The molecule has 0 bridgehead atoms. The highest BCUT2D eigenvalue weighted by Crippen LogP contribution is 2.46. The number of rotatable bonds is 7. The van der Waals surface area contributed by atoms with Gasteiger partial charge in [-0.05, 0) is 29.7 Å². The van der Waals surface area contributed by atoms with Gasteiger partial charge in [0.2, 0.25) is 7.37 Å². The van der Waals surface area contributed by atoms with Gasteiger partial charge in [-0.1, -0.05) is 30.3 Å². The van der Waals surface area contributed by atoms with E-state index in [2.05, 4.69) is 4.98 Å². The second-order valence-corrected chi connectivity index (χ2v) is 7.64. The van der Waals surface area contributed by atoms with Crippen LogP contribution in [0.2, 0.25) is 0 Å². The smallest absolute Gasteiger partial charge is 0.307 e. The van der Waals surface area contributed by atoms with Crippen molar-refractivity contribution in [2.45, 2.75) is 12.6 Å². The molecule has 6 heteroatoms. The average molecular weight is 319 g/mol. The molecule has 1 aromatic carbocycles. The molecule has 0 amide bonds.